The number of thioether (sulfide) groups is 1. The number of anilines is 4. The fourth-order valence-corrected chi connectivity index (χ4v) is 5.74. The van der Waals surface area contributed by atoms with Crippen LogP contribution in [0.4, 0.5) is 27.8 Å². The number of nitrogens with one attached hydrogen (secondary N) is 1. The third-order valence-corrected chi connectivity index (χ3v) is 8.17. The van der Waals surface area contributed by atoms with Crippen molar-refractivity contribution < 1.29 is 23.7 Å². The summed E-state index contributed by atoms with van der Waals surface area (Å²) in [6, 6.07) is 22.0. The molecule has 1 saturated heterocycles. The van der Waals surface area contributed by atoms with E-state index in [1.54, 1.807) is 32.4 Å². The molecule has 10 nitrogen and oxygen atoms in total. The lowest BCUT2D eigenvalue weighted by Crippen LogP contribution is -2.31. The molecule has 0 saturated carbocycles. The third-order valence-electron chi connectivity index (χ3n) is 7.38. The number of carbonyl (C=O) groups excluding carboxylic acids is 1. The van der Waals surface area contributed by atoms with E-state index in [4.69, 9.17) is 18.9 Å². The number of amides is 1. The smallest absolute Gasteiger partial charge is 0.425 e. The number of nitrogens with zero attached hydrogens (tertiary/aromatic N) is 4. The maximum atomic E-state index is 13.9. The molecular weight excluding hydrogens is 590 g/mol. The molecule has 45 heavy (non-hydrogen) atoms. The molecule has 0 spiro atoms. The van der Waals surface area contributed by atoms with Gasteiger partial charge in [-0.05, 0) is 75.0 Å². The molecule has 0 bridgehead atoms. The number of para-hydroxylation sites is 1. The molecule has 1 amide bonds. The summed E-state index contributed by atoms with van der Waals surface area (Å²) >= 11 is 1.52. The number of hydrogen-bond donors (Lipinski definition) is 1. The Labute approximate surface area is 268 Å². The number of methoxy groups -OCH3 is 2. The van der Waals surface area contributed by atoms with Crippen LogP contribution in [0.15, 0.2) is 83.9 Å². The highest BCUT2D eigenvalue weighted by Gasteiger charge is 2.26. The van der Waals surface area contributed by atoms with Crippen molar-refractivity contribution in [3.05, 3.63) is 79.0 Å². The van der Waals surface area contributed by atoms with Crippen LogP contribution in [0.1, 0.15) is 25.7 Å². The summed E-state index contributed by atoms with van der Waals surface area (Å²) in [4.78, 5) is 27.5. The molecule has 0 aliphatic carbocycles. The van der Waals surface area contributed by atoms with Gasteiger partial charge in [-0.2, -0.15) is 4.98 Å². The summed E-state index contributed by atoms with van der Waals surface area (Å²) in [6.45, 7) is 4.08. The Hall–Kier alpha value is -4.48. The van der Waals surface area contributed by atoms with Crippen LogP contribution in [0.3, 0.4) is 0 Å². The summed E-state index contributed by atoms with van der Waals surface area (Å²) in [5.74, 6) is 2.17. The first-order chi connectivity index (χ1) is 22.1. The molecule has 1 fully saturated rings. The first-order valence-electron chi connectivity index (χ1n) is 15.0. The Kier molecular flexibility index (Phi) is 11.4. The van der Waals surface area contributed by atoms with Crippen molar-refractivity contribution in [3.8, 4) is 23.1 Å². The number of hydrogen-bond acceptors (Lipinski definition) is 10. The van der Waals surface area contributed by atoms with Crippen LogP contribution in [0.5, 0.6) is 23.1 Å². The molecule has 236 valence electrons. The maximum absolute atomic E-state index is 13.9. The van der Waals surface area contributed by atoms with Crippen molar-refractivity contribution in [2.75, 3.05) is 56.9 Å². The van der Waals surface area contributed by atoms with Gasteiger partial charge in [-0.1, -0.05) is 24.6 Å². The molecule has 0 atom stereocenters. The summed E-state index contributed by atoms with van der Waals surface area (Å²) in [5, 5.41) is 3.19. The highest BCUT2D eigenvalue weighted by Crippen LogP contribution is 2.40. The first-order valence-corrected chi connectivity index (χ1v) is 16.2. The highest BCUT2D eigenvalue weighted by atomic mass is 32.2. The number of ether oxygens (including phenoxy) is 4. The van der Waals surface area contributed by atoms with Crippen LogP contribution in [-0.2, 0) is 0 Å². The second kappa shape index (κ2) is 16.0. The van der Waals surface area contributed by atoms with Gasteiger partial charge in [0.15, 0.2) is 0 Å². The number of likely N-dealkylation sites (tertiary alicyclic amines) is 1. The zero-order valence-corrected chi connectivity index (χ0v) is 26.7. The first kappa shape index (κ1) is 31.9. The highest BCUT2D eigenvalue weighted by molar-refractivity contribution is 7.98. The van der Waals surface area contributed by atoms with E-state index >= 15 is 0 Å². The summed E-state index contributed by atoms with van der Waals surface area (Å²) in [7, 11) is 3.12. The second-order valence-corrected chi connectivity index (χ2v) is 11.2. The van der Waals surface area contributed by atoms with Gasteiger partial charge < -0.3 is 29.2 Å². The van der Waals surface area contributed by atoms with E-state index in [1.165, 1.54) is 61.3 Å². The normalized spacial score (nSPS) is 13.1. The van der Waals surface area contributed by atoms with Gasteiger partial charge in [0.2, 0.25) is 11.8 Å². The minimum absolute atomic E-state index is 0.0849. The Balaban J connectivity index is 1.29. The van der Waals surface area contributed by atoms with E-state index in [0.717, 1.165) is 29.3 Å². The van der Waals surface area contributed by atoms with Crippen LogP contribution in [-0.4, -0.2) is 67.7 Å². The SMILES string of the molecule is COc1ccc(N(C(=O)Oc2ccnc(Nc3cccc(OCCCN4CCCCC4)c3)n2)c2ccccc2SC)c(OC)c1. The van der Waals surface area contributed by atoms with Crippen LogP contribution < -0.4 is 29.2 Å². The van der Waals surface area contributed by atoms with Crippen molar-refractivity contribution in [1.82, 2.24) is 14.9 Å². The van der Waals surface area contributed by atoms with Gasteiger partial charge in [0.05, 0.1) is 32.2 Å². The molecule has 2 heterocycles. The Bertz CT molecular complexity index is 1570. The van der Waals surface area contributed by atoms with Crippen molar-refractivity contribution in [2.24, 2.45) is 0 Å². The molecule has 5 rings (SSSR count). The Morgan fingerprint density at radius 2 is 1.78 bits per heavy atom. The minimum atomic E-state index is -0.662. The molecule has 1 aliphatic rings. The van der Waals surface area contributed by atoms with Gasteiger partial charge >= 0.3 is 6.09 Å². The van der Waals surface area contributed by atoms with E-state index in [-0.39, 0.29) is 11.8 Å². The fraction of sp³-hybridized carbons (Fsp3) is 0.324. The molecule has 4 aromatic rings. The zero-order chi connectivity index (χ0) is 31.4. The van der Waals surface area contributed by atoms with Gasteiger partial charge in [-0.3, -0.25) is 0 Å². The summed E-state index contributed by atoms with van der Waals surface area (Å²) in [5.41, 5.74) is 1.88. The number of benzene rings is 3. The molecule has 1 N–H and O–H groups in total. The largest absolute Gasteiger partial charge is 0.497 e. The van der Waals surface area contributed by atoms with Crippen LogP contribution in [0, 0.1) is 0 Å². The average Bonchev–Trinajstić information content (AvgIpc) is 3.08. The van der Waals surface area contributed by atoms with E-state index in [0.29, 0.717) is 29.5 Å². The predicted octanol–water partition coefficient (Wildman–Crippen LogP) is 7.55. The molecule has 0 unspecified atom stereocenters. The van der Waals surface area contributed by atoms with Crippen LogP contribution in [0.2, 0.25) is 0 Å². The zero-order valence-electron chi connectivity index (χ0n) is 25.9. The molecule has 1 aliphatic heterocycles. The van der Waals surface area contributed by atoms with Crippen molar-refractivity contribution in [2.45, 2.75) is 30.6 Å². The lowest BCUT2D eigenvalue weighted by molar-refractivity contribution is 0.205. The Morgan fingerprint density at radius 3 is 2.58 bits per heavy atom. The lowest BCUT2D eigenvalue weighted by Gasteiger charge is -2.26. The number of aromatic nitrogens is 2. The second-order valence-electron chi connectivity index (χ2n) is 10.4. The van der Waals surface area contributed by atoms with Gasteiger partial charge in [0.1, 0.15) is 17.2 Å². The van der Waals surface area contributed by atoms with E-state index in [2.05, 4.69) is 20.2 Å². The summed E-state index contributed by atoms with van der Waals surface area (Å²) in [6.07, 6.45) is 7.72. The molecule has 0 radical (unpaired) electrons. The lowest BCUT2D eigenvalue weighted by atomic mass is 10.1. The molecule has 11 heteroatoms. The third kappa shape index (κ3) is 8.58. The fourth-order valence-electron chi connectivity index (χ4n) is 5.16. The van der Waals surface area contributed by atoms with Crippen molar-refractivity contribution >= 4 is 40.9 Å². The summed E-state index contributed by atoms with van der Waals surface area (Å²) < 4.78 is 22.8. The molecule has 3 aromatic carbocycles. The van der Waals surface area contributed by atoms with Gasteiger partial charge in [-0.15, -0.1) is 11.8 Å². The van der Waals surface area contributed by atoms with E-state index in [9.17, 15) is 4.79 Å². The topological polar surface area (TPSA) is 98.3 Å². The van der Waals surface area contributed by atoms with E-state index in [1.807, 2.05) is 54.8 Å². The number of piperidine rings is 1. The number of rotatable bonds is 13. The van der Waals surface area contributed by atoms with Gasteiger partial charge in [0.25, 0.3) is 0 Å². The van der Waals surface area contributed by atoms with Gasteiger partial charge in [0, 0.05) is 41.5 Å². The standard InChI is InChI=1S/C34H39N5O5S/c1-41-26-15-16-28(30(24-26)42-2)39(29-13-5-6-14-31(29)45-3)34(40)44-32-17-18-35-33(37-32)36-25-11-9-12-27(23-25)43-22-10-21-38-19-7-4-8-20-38/h5-6,9,11-18,23-24H,4,7-8,10,19-22H2,1-3H3,(H,35,36,37). The Morgan fingerprint density at radius 1 is 0.933 bits per heavy atom. The quantitative estimate of drug-likeness (QED) is 0.118. The number of carbonyl (C=O) groups is 1. The van der Waals surface area contributed by atoms with Crippen molar-refractivity contribution in [1.29, 1.82) is 0 Å². The van der Waals surface area contributed by atoms with Gasteiger partial charge in [-0.25, -0.2) is 14.7 Å². The minimum Gasteiger partial charge on any atom is -0.497 e. The average molecular weight is 630 g/mol. The van der Waals surface area contributed by atoms with Crippen LogP contribution in [0.25, 0.3) is 0 Å². The maximum Gasteiger partial charge on any atom is 0.425 e. The predicted molar refractivity (Wildman–Crippen MR) is 178 cm³/mol. The van der Waals surface area contributed by atoms with Crippen LogP contribution >= 0.6 is 11.8 Å². The van der Waals surface area contributed by atoms with Crippen molar-refractivity contribution in [3.63, 3.8) is 0 Å². The monoisotopic (exact) mass is 629 g/mol. The van der Waals surface area contributed by atoms with E-state index < -0.39 is 6.09 Å². The molecular formula is C34H39N5O5S. The molecule has 1 aromatic heterocycles.